The number of amides is 2. The van der Waals surface area contributed by atoms with Gasteiger partial charge in [-0.05, 0) is 56.4 Å². The predicted molar refractivity (Wildman–Crippen MR) is 121 cm³/mol. The van der Waals surface area contributed by atoms with Crippen LogP contribution in [0.25, 0.3) is 10.9 Å². The van der Waals surface area contributed by atoms with Crippen LogP contribution < -0.4 is 5.32 Å². The molecule has 0 radical (unpaired) electrons. The van der Waals surface area contributed by atoms with Gasteiger partial charge in [0, 0.05) is 47.3 Å². The highest BCUT2D eigenvalue weighted by Crippen LogP contribution is 2.20. The minimum absolute atomic E-state index is 0.0380. The van der Waals surface area contributed by atoms with Gasteiger partial charge >= 0.3 is 0 Å². The molecule has 2 aliphatic rings. The Labute approximate surface area is 185 Å². The van der Waals surface area contributed by atoms with Gasteiger partial charge in [0.1, 0.15) is 6.04 Å². The van der Waals surface area contributed by atoms with Crippen molar-refractivity contribution in [3.63, 3.8) is 0 Å². The lowest BCUT2D eigenvalue weighted by Crippen LogP contribution is -2.45. The molecule has 2 amide bonds. The zero-order chi connectivity index (χ0) is 22.5. The van der Waals surface area contributed by atoms with Crippen molar-refractivity contribution in [1.29, 1.82) is 0 Å². The van der Waals surface area contributed by atoms with Crippen LogP contribution in [0.2, 0.25) is 0 Å². The van der Waals surface area contributed by atoms with Crippen LogP contribution in [0.15, 0.2) is 35.5 Å². The first-order chi connectivity index (χ1) is 15.5. The minimum Gasteiger partial charge on any atom is -0.361 e. The normalized spacial score (nSPS) is 19.9. The molecule has 170 valence electrons. The fraction of sp³-hybridized carbons (Fsp3) is 0.500. The number of rotatable bonds is 6. The van der Waals surface area contributed by atoms with Crippen LogP contribution in [-0.4, -0.2) is 76.1 Å². The number of fused-ring (bicyclic) bond motifs is 1. The van der Waals surface area contributed by atoms with Crippen LogP contribution >= 0.6 is 0 Å². The Hall–Kier alpha value is -3.43. The van der Waals surface area contributed by atoms with Gasteiger partial charge in [-0.2, -0.15) is 0 Å². The molecule has 1 aromatic carbocycles. The molecule has 10 heteroatoms. The molecule has 0 unspecified atom stereocenters. The summed E-state index contributed by atoms with van der Waals surface area (Å²) in [4.78, 5) is 47.5. The smallest absolute Gasteiger partial charge is 0.260 e. The zero-order valence-electron chi connectivity index (χ0n) is 18.0. The van der Waals surface area contributed by atoms with Crippen molar-refractivity contribution in [2.45, 2.75) is 38.1 Å². The maximum atomic E-state index is 13.2. The number of benzene rings is 1. The molecule has 2 aromatic rings. The fourth-order valence-corrected chi connectivity index (χ4v) is 4.31. The van der Waals surface area contributed by atoms with Gasteiger partial charge in [-0.15, -0.1) is 0 Å². The van der Waals surface area contributed by atoms with Crippen molar-refractivity contribution in [2.24, 2.45) is 4.99 Å². The summed E-state index contributed by atoms with van der Waals surface area (Å²) in [5.74, 6) is -0.140. The van der Waals surface area contributed by atoms with Crippen molar-refractivity contribution in [3.05, 3.63) is 40.6 Å². The lowest BCUT2D eigenvalue weighted by atomic mass is 10.1. The van der Waals surface area contributed by atoms with Gasteiger partial charge in [0.05, 0.1) is 6.54 Å². The number of hydrogen-bond donors (Lipinski definition) is 2. The number of anilines is 1. The van der Waals surface area contributed by atoms with Crippen LogP contribution in [0, 0.1) is 10.1 Å². The van der Waals surface area contributed by atoms with E-state index in [0.717, 1.165) is 49.7 Å². The Morgan fingerprint density at radius 1 is 1.19 bits per heavy atom. The first-order valence-electron chi connectivity index (χ1n) is 11.1. The highest BCUT2D eigenvalue weighted by Gasteiger charge is 2.30. The third kappa shape index (κ3) is 5.24. The van der Waals surface area contributed by atoms with Gasteiger partial charge in [-0.1, -0.05) is 0 Å². The van der Waals surface area contributed by atoms with E-state index < -0.39 is 17.5 Å². The quantitative estimate of drug-likeness (QED) is 0.309. The number of aliphatic imine (C=N–C) groups is 1. The molecule has 0 bridgehead atoms. The van der Waals surface area contributed by atoms with Crippen LogP contribution in [0.1, 0.15) is 32.1 Å². The number of carbonyl (C=O) groups is 2. The van der Waals surface area contributed by atoms with Crippen LogP contribution in [0.3, 0.4) is 0 Å². The first-order valence-corrected chi connectivity index (χ1v) is 11.1. The number of H-pyrrole nitrogens is 1. The van der Waals surface area contributed by atoms with Gasteiger partial charge in [0.25, 0.3) is 6.54 Å². The highest BCUT2D eigenvalue weighted by molar-refractivity contribution is 6.00. The van der Waals surface area contributed by atoms with E-state index in [1.165, 1.54) is 0 Å². The molecule has 0 spiro atoms. The summed E-state index contributed by atoms with van der Waals surface area (Å²) in [5.41, 5.74) is 1.63. The SMILES string of the molecule is O=C(CN1CCCC[C@H](N=C(C[N+](=O)[O-])Nc2ccc3[nH]ccc3c2)C1=O)N1CCCC1. The summed E-state index contributed by atoms with van der Waals surface area (Å²) in [6.45, 7) is 1.52. The summed E-state index contributed by atoms with van der Waals surface area (Å²) < 4.78 is 0. The molecule has 0 saturated carbocycles. The predicted octanol–water partition coefficient (Wildman–Crippen LogP) is 2.26. The highest BCUT2D eigenvalue weighted by atomic mass is 16.6. The maximum Gasteiger partial charge on any atom is 0.260 e. The Morgan fingerprint density at radius 3 is 2.75 bits per heavy atom. The second-order valence-corrected chi connectivity index (χ2v) is 8.33. The minimum atomic E-state index is -0.734. The lowest BCUT2D eigenvalue weighted by Gasteiger charge is -2.25. The molecule has 2 saturated heterocycles. The number of nitro groups is 1. The molecule has 0 aliphatic carbocycles. The Balaban J connectivity index is 1.51. The molecule has 1 atom stereocenters. The topological polar surface area (TPSA) is 124 Å². The summed E-state index contributed by atoms with van der Waals surface area (Å²) in [5, 5.41) is 15.2. The third-order valence-corrected chi connectivity index (χ3v) is 5.97. The lowest BCUT2D eigenvalue weighted by molar-refractivity contribution is -0.463. The number of nitrogens with one attached hydrogen (secondary N) is 2. The molecule has 4 rings (SSSR count). The number of amidine groups is 1. The summed E-state index contributed by atoms with van der Waals surface area (Å²) in [7, 11) is 0. The standard InChI is InChI=1S/C22H28N6O4/c29-21(26-10-3-4-11-26)15-27-12-2-1-5-19(22(27)30)25-20(14-28(31)32)24-17-6-7-18-16(13-17)8-9-23-18/h6-9,13,19,23H,1-5,10-12,14-15H2,(H,24,25)/t19-/m0/s1. The third-order valence-electron chi connectivity index (χ3n) is 5.97. The Morgan fingerprint density at radius 2 is 1.97 bits per heavy atom. The van der Waals surface area contributed by atoms with E-state index in [0.29, 0.717) is 18.7 Å². The molecule has 3 heterocycles. The summed E-state index contributed by atoms with van der Waals surface area (Å²) in [6.07, 6.45) is 5.88. The van der Waals surface area contributed by atoms with E-state index in [1.807, 2.05) is 30.5 Å². The number of aromatic nitrogens is 1. The fourth-order valence-electron chi connectivity index (χ4n) is 4.31. The van der Waals surface area contributed by atoms with Crippen LogP contribution in [0.4, 0.5) is 5.69 Å². The number of hydrogen-bond acceptors (Lipinski definition) is 5. The average Bonchev–Trinajstić information content (AvgIpc) is 3.42. The van der Waals surface area contributed by atoms with E-state index in [9.17, 15) is 19.7 Å². The molecular weight excluding hydrogens is 412 g/mol. The molecule has 2 fully saturated rings. The monoisotopic (exact) mass is 440 g/mol. The molecule has 10 nitrogen and oxygen atoms in total. The number of aromatic amines is 1. The summed E-state index contributed by atoms with van der Waals surface area (Å²) >= 11 is 0. The Kier molecular flexibility index (Phi) is 6.67. The van der Waals surface area contributed by atoms with E-state index >= 15 is 0 Å². The van der Waals surface area contributed by atoms with Crippen molar-refractivity contribution < 1.29 is 14.5 Å². The number of carbonyl (C=O) groups excluding carboxylic acids is 2. The van der Waals surface area contributed by atoms with Crippen molar-refractivity contribution in [3.8, 4) is 0 Å². The van der Waals surface area contributed by atoms with Crippen molar-refractivity contribution >= 4 is 34.2 Å². The van der Waals surface area contributed by atoms with Gasteiger partial charge in [-0.3, -0.25) is 24.7 Å². The van der Waals surface area contributed by atoms with Gasteiger partial charge < -0.3 is 20.1 Å². The van der Waals surface area contributed by atoms with E-state index in [1.54, 1.807) is 9.80 Å². The number of likely N-dealkylation sites (tertiary alicyclic amines) is 2. The van der Waals surface area contributed by atoms with Gasteiger partial charge in [-0.25, -0.2) is 0 Å². The van der Waals surface area contributed by atoms with Crippen LogP contribution in [-0.2, 0) is 9.59 Å². The second kappa shape index (κ2) is 9.80. The van der Waals surface area contributed by atoms with Gasteiger partial charge in [0.15, 0.2) is 5.84 Å². The summed E-state index contributed by atoms with van der Waals surface area (Å²) in [6, 6.07) is 6.74. The second-order valence-electron chi connectivity index (χ2n) is 8.33. The molecule has 2 N–H and O–H groups in total. The van der Waals surface area contributed by atoms with Crippen molar-refractivity contribution in [1.82, 2.24) is 14.8 Å². The first kappa shape index (κ1) is 21.8. The van der Waals surface area contributed by atoms with Crippen molar-refractivity contribution in [2.75, 3.05) is 38.0 Å². The maximum absolute atomic E-state index is 13.2. The van der Waals surface area contributed by atoms with E-state index in [-0.39, 0.29) is 24.2 Å². The van der Waals surface area contributed by atoms with E-state index in [2.05, 4.69) is 15.3 Å². The van der Waals surface area contributed by atoms with E-state index in [4.69, 9.17) is 0 Å². The number of nitrogens with zero attached hydrogens (tertiary/aromatic N) is 4. The van der Waals surface area contributed by atoms with Gasteiger partial charge in [0.2, 0.25) is 11.8 Å². The molecule has 32 heavy (non-hydrogen) atoms. The van der Waals surface area contributed by atoms with Crippen LogP contribution in [0.5, 0.6) is 0 Å². The average molecular weight is 441 g/mol. The zero-order valence-corrected chi connectivity index (χ0v) is 18.0. The Bertz CT molecular complexity index is 1030. The molecule has 1 aromatic heterocycles. The largest absolute Gasteiger partial charge is 0.361 e. The molecule has 2 aliphatic heterocycles. The molecular formula is C22H28N6O4.